The molecule has 3 amide bonds. The van der Waals surface area contributed by atoms with Crippen molar-refractivity contribution in [2.24, 2.45) is 0 Å². The first kappa shape index (κ1) is 39.6. The summed E-state index contributed by atoms with van der Waals surface area (Å²) < 4.78 is 7.60. The lowest BCUT2D eigenvalue weighted by molar-refractivity contribution is -0.125. The Labute approximate surface area is 311 Å². The van der Waals surface area contributed by atoms with Crippen LogP contribution in [0.2, 0.25) is 0 Å². The summed E-state index contributed by atoms with van der Waals surface area (Å²) >= 11 is 0. The molecule has 14 nitrogen and oxygen atoms in total. The smallest absolute Gasteiger partial charge is 0.315 e. The standard InChI is InChI=1S/C39H55N9O5/c1-4-7-20-47(21-8-5-2)22-19-41-39(52)43-25-31-45-36(42-24-29(27-15-11-9-12-16-27)28-17-13-10-14-18-28)33-37(46-31)48(26-44-33)38-35(51)34(50)30(53-38)23-32(49)40-6-3/h9-18,26,29-30,34-35,38,50-51H,4-8,19-25H2,1-3H3,(H,40,49)(H2,41,43,52)(H,42,45,46)/t30-,34+,35+,38+/m0/s1. The zero-order valence-electron chi connectivity index (χ0n) is 31.1. The lowest BCUT2D eigenvalue weighted by Crippen LogP contribution is -2.40. The predicted octanol–water partition coefficient (Wildman–Crippen LogP) is 3.92. The van der Waals surface area contributed by atoms with Crippen LogP contribution in [0.5, 0.6) is 0 Å². The average Bonchev–Trinajstić information content (AvgIpc) is 3.72. The molecule has 1 aliphatic rings. The van der Waals surface area contributed by atoms with Crippen LogP contribution in [0.25, 0.3) is 11.2 Å². The second-order valence-corrected chi connectivity index (χ2v) is 13.4. The lowest BCUT2D eigenvalue weighted by atomic mass is 9.91. The third-order valence-corrected chi connectivity index (χ3v) is 9.49. The molecule has 1 aliphatic heterocycles. The van der Waals surface area contributed by atoms with Crippen molar-refractivity contribution in [3.05, 3.63) is 83.9 Å². The number of amides is 3. The quantitative estimate of drug-likeness (QED) is 0.0782. The maximum Gasteiger partial charge on any atom is 0.315 e. The van der Waals surface area contributed by atoms with Gasteiger partial charge in [0, 0.05) is 32.1 Å². The van der Waals surface area contributed by atoms with E-state index in [4.69, 9.17) is 14.7 Å². The van der Waals surface area contributed by atoms with Crippen LogP contribution in [0.1, 0.15) is 82.0 Å². The molecule has 5 rings (SSSR count). The van der Waals surface area contributed by atoms with Crippen LogP contribution < -0.4 is 21.3 Å². The van der Waals surface area contributed by atoms with Crippen LogP contribution in [-0.4, -0.2) is 104 Å². The summed E-state index contributed by atoms with van der Waals surface area (Å²) in [5.41, 5.74) is 3.01. The van der Waals surface area contributed by atoms with Gasteiger partial charge >= 0.3 is 6.03 Å². The Morgan fingerprint density at radius 1 is 0.868 bits per heavy atom. The van der Waals surface area contributed by atoms with Crippen LogP contribution in [0.15, 0.2) is 67.0 Å². The molecule has 0 radical (unpaired) electrons. The van der Waals surface area contributed by atoms with Gasteiger partial charge in [-0.05, 0) is 44.0 Å². The number of fused-ring (bicyclic) bond motifs is 1. The number of aromatic nitrogens is 4. The molecule has 53 heavy (non-hydrogen) atoms. The molecule has 3 heterocycles. The first-order chi connectivity index (χ1) is 25.8. The Kier molecular flexibility index (Phi) is 14.9. The van der Waals surface area contributed by atoms with E-state index in [1.165, 1.54) is 6.33 Å². The zero-order valence-corrected chi connectivity index (χ0v) is 31.1. The number of urea groups is 1. The van der Waals surface area contributed by atoms with E-state index in [2.05, 4.69) is 69.3 Å². The van der Waals surface area contributed by atoms with E-state index in [9.17, 15) is 19.8 Å². The zero-order chi connectivity index (χ0) is 37.6. The molecule has 0 unspecified atom stereocenters. The number of unbranched alkanes of at least 4 members (excludes halogenated alkanes) is 2. The number of carbonyl (C=O) groups is 2. The van der Waals surface area contributed by atoms with Gasteiger partial charge < -0.3 is 41.1 Å². The maximum atomic E-state index is 12.9. The highest BCUT2D eigenvalue weighted by atomic mass is 16.6. The van der Waals surface area contributed by atoms with Crippen molar-refractivity contribution >= 4 is 28.9 Å². The molecule has 6 N–H and O–H groups in total. The fourth-order valence-electron chi connectivity index (χ4n) is 6.58. The fourth-order valence-corrected chi connectivity index (χ4v) is 6.58. The van der Waals surface area contributed by atoms with Gasteiger partial charge in [0.05, 0.1) is 25.4 Å². The van der Waals surface area contributed by atoms with Crippen molar-refractivity contribution in [1.82, 2.24) is 40.4 Å². The first-order valence-corrected chi connectivity index (χ1v) is 18.9. The van der Waals surface area contributed by atoms with E-state index in [0.29, 0.717) is 42.4 Å². The van der Waals surface area contributed by atoms with E-state index in [0.717, 1.165) is 56.4 Å². The Morgan fingerprint density at radius 2 is 1.53 bits per heavy atom. The Bertz CT molecular complexity index is 1680. The van der Waals surface area contributed by atoms with Gasteiger partial charge in [-0.1, -0.05) is 87.4 Å². The number of nitrogens with one attached hydrogen (secondary N) is 4. The molecule has 286 valence electrons. The van der Waals surface area contributed by atoms with E-state index < -0.39 is 24.5 Å². The van der Waals surface area contributed by atoms with Crippen molar-refractivity contribution in [3.63, 3.8) is 0 Å². The number of anilines is 1. The van der Waals surface area contributed by atoms with Crippen molar-refractivity contribution in [1.29, 1.82) is 0 Å². The minimum atomic E-state index is -1.35. The number of hydrogen-bond donors (Lipinski definition) is 6. The highest BCUT2D eigenvalue weighted by molar-refractivity contribution is 5.83. The monoisotopic (exact) mass is 729 g/mol. The largest absolute Gasteiger partial charge is 0.388 e. The summed E-state index contributed by atoms with van der Waals surface area (Å²) in [6.45, 7) is 10.4. The normalized spacial score (nSPS) is 18.5. The second-order valence-electron chi connectivity index (χ2n) is 13.4. The number of imidazole rings is 1. The van der Waals surface area contributed by atoms with Gasteiger partial charge in [0.1, 0.15) is 12.2 Å². The Morgan fingerprint density at radius 3 is 2.15 bits per heavy atom. The first-order valence-electron chi connectivity index (χ1n) is 18.9. The van der Waals surface area contributed by atoms with Crippen LogP contribution in [0.4, 0.5) is 10.6 Å². The number of ether oxygens (including phenoxy) is 1. The third-order valence-electron chi connectivity index (χ3n) is 9.49. The van der Waals surface area contributed by atoms with Crippen molar-refractivity contribution in [2.75, 3.05) is 44.6 Å². The number of nitrogens with zero attached hydrogens (tertiary/aromatic N) is 5. The van der Waals surface area contributed by atoms with Gasteiger partial charge in [-0.25, -0.2) is 19.7 Å². The molecule has 4 aromatic rings. The number of rotatable bonds is 20. The lowest BCUT2D eigenvalue weighted by Gasteiger charge is -2.22. The van der Waals surface area contributed by atoms with Crippen molar-refractivity contribution < 1.29 is 24.5 Å². The molecule has 0 saturated carbocycles. The summed E-state index contributed by atoms with van der Waals surface area (Å²) in [5.74, 6) is 0.446. The van der Waals surface area contributed by atoms with Gasteiger partial charge in [0.25, 0.3) is 0 Å². The number of hydrogen-bond acceptors (Lipinski definition) is 10. The Balaban J connectivity index is 1.37. The van der Waals surface area contributed by atoms with E-state index in [1.807, 2.05) is 36.4 Å². The van der Waals surface area contributed by atoms with Crippen LogP contribution in [-0.2, 0) is 16.1 Å². The summed E-state index contributed by atoms with van der Waals surface area (Å²) in [4.78, 5) is 41.8. The number of benzene rings is 2. The van der Waals surface area contributed by atoms with Gasteiger partial charge in [-0.2, -0.15) is 0 Å². The van der Waals surface area contributed by atoms with Gasteiger partial charge in [-0.15, -0.1) is 0 Å². The van der Waals surface area contributed by atoms with Gasteiger partial charge in [0.15, 0.2) is 29.0 Å². The minimum absolute atomic E-state index is 0.0174. The predicted molar refractivity (Wildman–Crippen MR) is 204 cm³/mol. The Hall–Kier alpha value is -4.63. The SMILES string of the molecule is CCCCN(CCCC)CCNC(=O)NCc1nc(NCC(c2ccccc2)c2ccccc2)c2ncn([C@@H]3O[C@@H](CC(=O)NCC)[C@@H](O)[C@H]3O)c2n1. The van der Waals surface area contributed by atoms with Gasteiger partial charge in [0.2, 0.25) is 5.91 Å². The molecule has 14 heteroatoms. The highest BCUT2D eigenvalue weighted by Crippen LogP contribution is 2.34. The van der Waals surface area contributed by atoms with Crippen LogP contribution in [0, 0.1) is 0 Å². The van der Waals surface area contributed by atoms with E-state index >= 15 is 0 Å². The molecule has 2 aromatic carbocycles. The minimum Gasteiger partial charge on any atom is -0.388 e. The van der Waals surface area contributed by atoms with Crippen molar-refractivity contribution in [2.45, 2.75) is 89.9 Å². The molecule has 2 aromatic heterocycles. The van der Waals surface area contributed by atoms with Crippen LogP contribution >= 0.6 is 0 Å². The fraction of sp³-hybridized carbons (Fsp3) is 0.513. The summed E-state index contributed by atoms with van der Waals surface area (Å²) in [5, 5.41) is 34.0. The maximum absolute atomic E-state index is 12.9. The van der Waals surface area contributed by atoms with E-state index in [-0.39, 0.29) is 30.8 Å². The van der Waals surface area contributed by atoms with E-state index in [1.54, 1.807) is 11.5 Å². The molecule has 0 bridgehead atoms. The number of carbonyl (C=O) groups excluding carboxylic acids is 2. The molecule has 1 saturated heterocycles. The molecular weight excluding hydrogens is 674 g/mol. The van der Waals surface area contributed by atoms with Gasteiger partial charge in [-0.3, -0.25) is 9.36 Å². The average molecular weight is 730 g/mol. The highest BCUT2D eigenvalue weighted by Gasteiger charge is 2.45. The summed E-state index contributed by atoms with van der Waals surface area (Å²) in [6, 6.07) is 20.1. The van der Waals surface area contributed by atoms with Crippen molar-refractivity contribution in [3.8, 4) is 0 Å². The molecule has 0 spiro atoms. The molecule has 0 aliphatic carbocycles. The topological polar surface area (TPSA) is 179 Å². The summed E-state index contributed by atoms with van der Waals surface area (Å²) in [6.07, 6.45) is 1.22. The summed E-state index contributed by atoms with van der Waals surface area (Å²) in [7, 11) is 0. The van der Waals surface area contributed by atoms with Crippen LogP contribution in [0.3, 0.4) is 0 Å². The third kappa shape index (κ3) is 10.7. The molecular formula is C39H55N9O5. The second kappa shape index (κ2) is 20.0. The molecule has 1 fully saturated rings. The number of aliphatic hydroxyl groups excluding tert-OH is 2. The molecule has 4 atom stereocenters. The number of aliphatic hydroxyl groups is 2.